The second-order valence-corrected chi connectivity index (χ2v) is 5.94. The van der Waals surface area contributed by atoms with E-state index in [4.69, 9.17) is 13.9 Å². The summed E-state index contributed by atoms with van der Waals surface area (Å²) in [6.07, 6.45) is 0. The van der Waals surface area contributed by atoms with E-state index < -0.39 is 0 Å². The Balaban J connectivity index is 1.84. The molecule has 4 nitrogen and oxygen atoms in total. The van der Waals surface area contributed by atoms with Crippen molar-refractivity contribution in [3.05, 3.63) is 64.8 Å². The molecule has 0 spiro atoms. The summed E-state index contributed by atoms with van der Waals surface area (Å²) in [5.74, 6) is 1.20. The summed E-state index contributed by atoms with van der Waals surface area (Å²) in [5.41, 5.74) is 1.31. The van der Waals surface area contributed by atoms with Crippen LogP contribution in [0.15, 0.2) is 63.8 Å². The zero-order chi connectivity index (χ0) is 16.8. The molecule has 0 fully saturated rings. The molecule has 3 rings (SSSR count). The minimum Gasteiger partial charge on any atom is -0.491 e. The predicted molar refractivity (Wildman–Crippen MR) is 98.0 cm³/mol. The average Bonchev–Trinajstić information content (AvgIpc) is 2.62. The summed E-state index contributed by atoms with van der Waals surface area (Å²) < 4.78 is 16.9. The van der Waals surface area contributed by atoms with Crippen molar-refractivity contribution in [2.75, 3.05) is 25.2 Å². The molecular weight excluding hydrogens is 372 g/mol. The highest BCUT2D eigenvalue weighted by molar-refractivity contribution is 9.09. The molecule has 0 aliphatic rings. The predicted octanol–water partition coefficient (Wildman–Crippen LogP) is 4.25. The largest absolute Gasteiger partial charge is 0.491 e. The van der Waals surface area contributed by atoms with Gasteiger partial charge >= 0.3 is 0 Å². The number of hydrogen-bond acceptors (Lipinski definition) is 4. The van der Waals surface area contributed by atoms with Crippen LogP contribution in [0.25, 0.3) is 22.3 Å². The van der Waals surface area contributed by atoms with Gasteiger partial charge in [-0.15, -0.1) is 0 Å². The molecule has 0 atom stereocenters. The highest BCUT2D eigenvalue weighted by atomic mass is 79.9. The van der Waals surface area contributed by atoms with Crippen LogP contribution in [0.5, 0.6) is 5.75 Å². The number of hydrogen-bond donors (Lipinski definition) is 0. The normalized spacial score (nSPS) is 10.9. The van der Waals surface area contributed by atoms with Crippen molar-refractivity contribution in [2.45, 2.75) is 0 Å². The van der Waals surface area contributed by atoms with Crippen LogP contribution in [0.2, 0.25) is 0 Å². The van der Waals surface area contributed by atoms with Gasteiger partial charge < -0.3 is 13.9 Å². The van der Waals surface area contributed by atoms with E-state index in [1.807, 2.05) is 30.3 Å². The maximum Gasteiger partial charge on any atom is 0.193 e. The van der Waals surface area contributed by atoms with Gasteiger partial charge in [-0.05, 0) is 12.1 Å². The Morgan fingerprint density at radius 3 is 2.58 bits per heavy atom. The van der Waals surface area contributed by atoms with Crippen LogP contribution in [0.3, 0.4) is 0 Å². The van der Waals surface area contributed by atoms with E-state index in [1.54, 1.807) is 18.2 Å². The molecule has 3 aromatic rings. The Bertz CT molecular complexity index is 858. The molecule has 0 N–H and O–H groups in total. The van der Waals surface area contributed by atoms with Crippen molar-refractivity contribution in [1.82, 2.24) is 0 Å². The quantitative estimate of drug-likeness (QED) is 0.448. The van der Waals surface area contributed by atoms with E-state index >= 15 is 0 Å². The van der Waals surface area contributed by atoms with E-state index in [9.17, 15) is 4.79 Å². The number of benzene rings is 2. The molecule has 0 aliphatic heterocycles. The van der Waals surface area contributed by atoms with E-state index in [0.29, 0.717) is 42.3 Å². The number of fused-ring (bicyclic) bond motifs is 1. The van der Waals surface area contributed by atoms with Crippen molar-refractivity contribution in [3.8, 4) is 17.1 Å². The van der Waals surface area contributed by atoms with E-state index in [-0.39, 0.29) is 5.43 Å². The van der Waals surface area contributed by atoms with Gasteiger partial charge in [0.1, 0.15) is 23.7 Å². The SMILES string of the molecule is O=c1cc(-c2ccccc2)oc2cc(OCCOCCBr)ccc12. The molecule has 1 aromatic heterocycles. The van der Waals surface area contributed by atoms with Gasteiger partial charge in [0.2, 0.25) is 0 Å². The van der Waals surface area contributed by atoms with Crippen molar-refractivity contribution >= 4 is 26.9 Å². The molecular formula is C19H17BrO4. The topological polar surface area (TPSA) is 48.7 Å². The molecule has 0 unspecified atom stereocenters. The van der Waals surface area contributed by atoms with Gasteiger partial charge in [-0.3, -0.25) is 4.79 Å². The highest BCUT2D eigenvalue weighted by Crippen LogP contribution is 2.24. The third kappa shape index (κ3) is 4.04. The van der Waals surface area contributed by atoms with Crippen LogP contribution < -0.4 is 10.2 Å². The van der Waals surface area contributed by atoms with Crippen LogP contribution in [-0.2, 0) is 4.74 Å². The molecule has 5 heteroatoms. The number of rotatable bonds is 7. The van der Waals surface area contributed by atoms with Gasteiger partial charge in [-0.1, -0.05) is 46.3 Å². The highest BCUT2D eigenvalue weighted by Gasteiger charge is 2.08. The third-order valence-electron chi connectivity index (χ3n) is 3.48. The summed E-state index contributed by atoms with van der Waals surface area (Å²) in [5, 5.41) is 1.34. The van der Waals surface area contributed by atoms with Crippen LogP contribution >= 0.6 is 15.9 Å². The summed E-state index contributed by atoms with van der Waals surface area (Å²) in [6, 6.07) is 16.3. The van der Waals surface area contributed by atoms with Gasteiger partial charge in [0.15, 0.2) is 5.43 Å². The fourth-order valence-electron chi connectivity index (χ4n) is 2.34. The number of alkyl halides is 1. The second kappa shape index (κ2) is 8.13. The first-order valence-electron chi connectivity index (χ1n) is 7.68. The first-order valence-corrected chi connectivity index (χ1v) is 8.80. The van der Waals surface area contributed by atoms with E-state index in [0.717, 1.165) is 10.9 Å². The maximum atomic E-state index is 12.3. The molecule has 2 aromatic carbocycles. The summed E-state index contributed by atoms with van der Waals surface area (Å²) in [4.78, 5) is 12.3. The molecule has 0 saturated heterocycles. The second-order valence-electron chi connectivity index (χ2n) is 5.15. The zero-order valence-electron chi connectivity index (χ0n) is 13.0. The standard InChI is InChI=1S/C19H17BrO4/c20-8-9-22-10-11-23-15-6-7-16-17(21)13-18(24-19(16)12-15)14-4-2-1-3-5-14/h1-7,12-13H,8-11H2. The fourth-order valence-corrected chi connectivity index (χ4v) is 2.57. The maximum absolute atomic E-state index is 12.3. The monoisotopic (exact) mass is 388 g/mol. The van der Waals surface area contributed by atoms with Crippen LogP contribution in [-0.4, -0.2) is 25.2 Å². The van der Waals surface area contributed by atoms with Crippen LogP contribution in [0.4, 0.5) is 0 Å². The smallest absolute Gasteiger partial charge is 0.193 e. The summed E-state index contributed by atoms with van der Waals surface area (Å²) in [6.45, 7) is 1.61. The van der Waals surface area contributed by atoms with Crippen molar-refractivity contribution in [3.63, 3.8) is 0 Å². The number of ether oxygens (including phenoxy) is 2. The molecule has 0 radical (unpaired) electrons. The molecule has 1 heterocycles. The van der Waals surface area contributed by atoms with Crippen LogP contribution in [0, 0.1) is 0 Å². The summed E-state index contributed by atoms with van der Waals surface area (Å²) in [7, 11) is 0. The molecule has 0 amide bonds. The third-order valence-corrected chi connectivity index (χ3v) is 3.80. The first-order chi connectivity index (χ1) is 11.8. The minimum absolute atomic E-state index is 0.0673. The Morgan fingerprint density at radius 2 is 1.79 bits per heavy atom. The van der Waals surface area contributed by atoms with Gasteiger partial charge in [-0.25, -0.2) is 0 Å². The molecule has 0 aliphatic carbocycles. The Kier molecular flexibility index (Phi) is 5.67. The van der Waals surface area contributed by atoms with E-state index in [2.05, 4.69) is 15.9 Å². The lowest BCUT2D eigenvalue weighted by Crippen LogP contribution is -2.08. The minimum atomic E-state index is -0.0673. The number of halogens is 1. The first kappa shape index (κ1) is 16.7. The van der Waals surface area contributed by atoms with Gasteiger partial charge in [0, 0.05) is 23.0 Å². The van der Waals surface area contributed by atoms with Gasteiger partial charge in [0.05, 0.1) is 18.6 Å². The van der Waals surface area contributed by atoms with Crippen molar-refractivity contribution < 1.29 is 13.9 Å². The van der Waals surface area contributed by atoms with Gasteiger partial charge in [0.25, 0.3) is 0 Å². The Hall–Kier alpha value is -2.11. The van der Waals surface area contributed by atoms with Crippen molar-refractivity contribution in [1.29, 1.82) is 0 Å². The Morgan fingerprint density at radius 1 is 0.958 bits per heavy atom. The lowest BCUT2D eigenvalue weighted by atomic mass is 10.1. The lowest BCUT2D eigenvalue weighted by molar-refractivity contribution is 0.112. The lowest BCUT2D eigenvalue weighted by Gasteiger charge is -2.08. The Labute approximate surface area is 148 Å². The average molecular weight is 389 g/mol. The van der Waals surface area contributed by atoms with Crippen LogP contribution in [0.1, 0.15) is 0 Å². The fraction of sp³-hybridized carbons (Fsp3) is 0.211. The molecule has 24 heavy (non-hydrogen) atoms. The van der Waals surface area contributed by atoms with Gasteiger partial charge in [-0.2, -0.15) is 0 Å². The molecule has 124 valence electrons. The molecule has 0 saturated carbocycles. The van der Waals surface area contributed by atoms with E-state index in [1.165, 1.54) is 6.07 Å². The van der Waals surface area contributed by atoms with Crippen molar-refractivity contribution in [2.24, 2.45) is 0 Å². The summed E-state index contributed by atoms with van der Waals surface area (Å²) >= 11 is 3.30. The zero-order valence-corrected chi connectivity index (χ0v) is 14.6. The molecule has 0 bridgehead atoms.